The number of hydrogen-bond donors (Lipinski definition) is 3. The molecule has 0 aliphatic rings. The first kappa shape index (κ1) is 23.1. The second-order valence-corrected chi connectivity index (χ2v) is 11.0. The van der Waals surface area contributed by atoms with Crippen LogP contribution in [0.3, 0.4) is 0 Å². The second-order valence-electron chi connectivity index (χ2n) is 10.0. The van der Waals surface area contributed by atoms with Crippen molar-refractivity contribution < 1.29 is 4.79 Å². The molecular weight excluding hydrogens is 482 g/mol. The molecule has 6 aromatic rings. The molecule has 0 saturated carbocycles. The lowest BCUT2D eigenvalue weighted by molar-refractivity contribution is -0.121. The molecular formula is C28H25N7OS. The summed E-state index contributed by atoms with van der Waals surface area (Å²) < 4.78 is 0. The van der Waals surface area contributed by atoms with E-state index in [2.05, 4.69) is 65.1 Å². The number of aromatic amines is 2. The third-order valence-electron chi connectivity index (χ3n) is 6.00. The van der Waals surface area contributed by atoms with Gasteiger partial charge in [-0.25, -0.2) is 9.97 Å². The molecule has 0 unspecified atom stereocenters. The zero-order chi connectivity index (χ0) is 25.6. The first-order valence-electron chi connectivity index (χ1n) is 12.0. The molecule has 9 heteroatoms. The smallest absolute Gasteiger partial charge is 0.224 e. The third-order valence-corrected chi connectivity index (χ3v) is 6.91. The highest BCUT2D eigenvalue weighted by Gasteiger charge is 2.17. The molecule has 1 amide bonds. The Morgan fingerprint density at radius 1 is 1.03 bits per heavy atom. The molecule has 0 spiro atoms. The first-order chi connectivity index (χ1) is 17.8. The lowest BCUT2D eigenvalue weighted by Crippen LogP contribution is -2.41. The molecule has 6 aromatic heterocycles. The third kappa shape index (κ3) is 4.61. The summed E-state index contributed by atoms with van der Waals surface area (Å²) in [4.78, 5) is 30.5. The van der Waals surface area contributed by atoms with Gasteiger partial charge in [0, 0.05) is 62.7 Å². The van der Waals surface area contributed by atoms with Crippen molar-refractivity contribution in [2.24, 2.45) is 0 Å². The Morgan fingerprint density at radius 2 is 1.89 bits per heavy atom. The van der Waals surface area contributed by atoms with Gasteiger partial charge in [-0.2, -0.15) is 5.10 Å². The highest BCUT2D eigenvalue weighted by Crippen LogP contribution is 2.35. The van der Waals surface area contributed by atoms with E-state index in [9.17, 15) is 4.79 Å². The molecule has 0 aromatic carbocycles. The Bertz CT molecular complexity index is 1740. The Hall–Kier alpha value is -4.37. The van der Waals surface area contributed by atoms with E-state index in [0.29, 0.717) is 5.65 Å². The number of carbonyl (C=O) groups excluding carboxylic acids is 1. The van der Waals surface area contributed by atoms with Crippen LogP contribution in [0.25, 0.3) is 55.0 Å². The van der Waals surface area contributed by atoms with Crippen molar-refractivity contribution in [3.05, 3.63) is 72.1 Å². The van der Waals surface area contributed by atoms with Crippen LogP contribution < -0.4 is 5.32 Å². The standard InChI is InChI=1S/C28H25N7OS/c1-28(2,3)33-24(36)10-16-9-17(14-29-13-16)18-11-21-25(34-35-27(21)31-15-18)22-12-20-19(23-5-4-8-37-23)6-7-30-26(20)32-22/h4-9,11-15H,10H2,1-3H3,(H,30,32)(H,33,36)(H,31,34,35). The second kappa shape index (κ2) is 8.94. The SMILES string of the molecule is CC(C)(C)NC(=O)Cc1cncc(-c2cnc3n[nH]c(-c4cc5c(-c6cccs6)ccnc5[nH]4)c3c2)c1. The highest BCUT2D eigenvalue weighted by atomic mass is 32.1. The maximum atomic E-state index is 12.4. The van der Waals surface area contributed by atoms with Gasteiger partial charge in [-0.3, -0.25) is 14.9 Å². The first-order valence-corrected chi connectivity index (χ1v) is 12.8. The summed E-state index contributed by atoms with van der Waals surface area (Å²) in [6.07, 6.45) is 7.38. The van der Waals surface area contributed by atoms with Crippen LogP contribution in [0, 0.1) is 0 Å². The van der Waals surface area contributed by atoms with E-state index in [4.69, 9.17) is 0 Å². The Morgan fingerprint density at radius 3 is 2.70 bits per heavy atom. The number of pyridine rings is 3. The molecule has 37 heavy (non-hydrogen) atoms. The largest absolute Gasteiger partial charge is 0.351 e. The maximum Gasteiger partial charge on any atom is 0.224 e. The van der Waals surface area contributed by atoms with Crippen LogP contribution in [-0.4, -0.2) is 41.6 Å². The number of rotatable bonds is 5. The minimum absolute atomic E-state index is 0.0357. The van der Waals surface area contributed by atoms with Gasteiger partial charge in [0.2, 0.25) is 5.91 Å². The molecule has 0 aliphatic carbocycles. The van der Waals surface area contributed by atoms with E-state index in [0.717, 1.165) is 50.1 Å². The summed E-state index contributed by atoms with van der Waals surface area (Å²) in [5.74, 6) is -0.0357. The van der Waals surface area contributed by atoms with E-state index >= 15 is 0 Å². The van der Waals surface area contributed by atoms with Gasteiger partial charge in [0.25, 0.3) is 0 Å². The van der Waals surface area contributed by atoms with E-state index in [1.165, 1.54) is 4.88 Å². The lowest BCUT2D eigenvalue weighted by atomic mass is 10.0. The van der Waals surface area contributed by atoms with Gasteiger partial charge in [-0.1, -0.05) is 6.07 Å². The van der Waals surface area contributed by atoms with Gasteiger partial charge in [0.05, 0.1) is 17.8 Å². The van der Waals surface area contributed by atoms with Crippen LogP contribution in [0.5, 0.6) is 0 Å². The fourth-order valence-corrected chi connectivity index (χ4v) is 5.23. The molecule has 0 bridgehead atoms. The molecule has 6 heterocycles. The number of nitrogens with zero attached hydrogens (tertiary/aromatic N) is 4. The molecule has 0 radical (unpaired) electrons. The average molecular weight is 508 g/mol. The molecule has 8 nitrogen and oxygen atoms in total. The number of hydrogen-bond acceptors (Lipinski definition) is 6. The minimum atomic E-state index is -0.280. The summed E-state index contributed by atoms with van der Waals surface area (Å²) in [7, 11) is 0. The molecule has 0 saturated heterocycles. The van der Waals surface area contributed by atoms with Crippen molar-refractivity contribution in [1.82, 2.24) is 35.5 Å². The van der Waals surface area contributed by atoms with Gasteiger partial charge in [-0.15, -0.1) is 11.3 Å². The molecule has 6 rings (SSSR count). The number of nitrogens with one attached hydrogen (secondary N) is 3. The van der Waals surface area contributed by atoms with Crippen LogP contribution >= 0.6 is 11.3 Å². The zero-order valence-electron chi connectivity index (χ0n) is 20.7. The number of aromatic nitrogens is 6. The fraction of sp³-hybridized carbons (Fsp3) is 0.179. The summed E-state index contributed by atoms with van der Waals surface area (Å²) in [6.45, 7) is 5.90. The molecule has 184 valence electrons. The lowest BCUT2D eigenvalue weighted by Gasteiger charge is -2.20. The molecule has 0 atom stereocenters. The van der Waals surface area contributed by atoms with Crippen LogP contribution in [0.15, 0.2) is 66.6 Å². The van der Waals surface area contributed by atoms with Crippen molar-refractivity contribution in [3.63, 3.8) is 0 Å². The number of thiophene rings is 1. The van der Waals surface area contributed by atoms with E-state index in [1.807, 2.05) is 39.1 Å². The number of H-pyrrole nitrogens is 2. The molecule has 0 fully saturated rings. The van der Waals surface area contributed by atoms with Gasteiger partial charge in [0.15, 0.2) is 5.65 Å². The summed E-state index contributed by atoms with van der Waals surface area (Å²) >= 11 is 1.70. The number of amides is 1. The van der Waals surface area contributed by atoms with Crippen LogP contribution in [0.1, 0.15) is 26.3 Å². The van der Waals surface area contributed by atoms with Gasteiger partial charge >= 0.3 is 0 Å². The van der Waals surface area contributed by atoms with Crippen molar-refractivity contribution in [2.75, 3.05) is 0 Å². The van der Waals surface area contributed by atoms with Crippen molar-refractivity contribution in [1.29, 1.82) is 0 Å². The summed E-state index contributed by atoms with van der Waals surface area (Å²) in [5.41, 5.74) is 6.66. The van der Waals surface area contributed by atoms with Gasteiger partial charge in [0.1, 0.15) is 5.65 Å². The highest BCUT2D eigenvalue weighted by molar-refractivity contribution is 7.13. The monoisotopic (exact) mass is 507 g/mol. The quantitative estimate of drug-likeness (QED) is 0.275. The molecule has 0 aliphatic heterocycles. The normalized spacial score (nSPS) is 11.9. The van der Waals surface area contributed by atoms with E-state index < -0.39 is 0 Å². The van der Waals surface area contributed by atoms with Crippen LogP contribution in [-0.2, 0) is 11.2 Å². The average Bonchev–Trinajstić information content (AvgIpc) is 3.61. The minimum Gasteiger partial charge on any atom is -0.351 e. The predicted molar refractivity (Wildman–Crippen MR) is 147 cm³/mol. The van der Waals surface area contributed by atoms with Crippen LogP contribution in [0.2, 0.25) is 0 Å². The maximum absolute atomic E-state index is 12.4. The Balaban J connectivity index is 1.36. The topological polar surface area (TPSA) is 112 Å². The number of fused-ring (bicyclic) bond motifs is 2. The zero-order valence-corrected chi connectivity index (χ0v) is 21.5. The van der Waals surface area contributed by atoms with Gasteiger partial charge in [-0.05, 0) is 62.0 Å². The Kier molecular flexibility index (Phi) is 5.57. The van der Waals surface area contributed by atoms with Crippen molar-refractivity contribution in [3.8, 4) is 33.0 Å². The predicted octanol–water partition coefficient (Wildman–Crippen LogP) is 5.75. The van der Waals surface area contributed by atoms with Crippen LogP contribution in [0.4, 0.5) is 0 Å². The number of carbonyl (C=O) groups is 1. The van der Waals surface area contributed by atoms with E-state index in [-0.39, 0.29) is 17.9 Å². The van der Waals surface area contributed by atoms with Gasteiger partial charge < -0.3 is 10.3 Å². The van der Waals surface area contributed by atoms with Crippen molar-refractivity contribution in [2.45, 2.75) is 32.7 Å². The fourth-order valence-electron chi connectivity index (χ4n) is 4.46. The Labute approximate surface area is 217 Å². The molecule has 3 N–H and O–H groups in total. The van der Waals surface area contributed by atoms with E-state index in [1.54, 1.807) is 29.9 Å². The summed E-state index contributed by atoms with van der Waals surface area (Å²) in [5, 5.41) is 14.6. The van der Waals surface area contributed by atoms with Crippen molar-refractivity contribution >= 4 is 39.3 Å². The summed E-state index contributed by atoms with van der Waals surface area (Å²) in [6, 6.07) is 12.3.